The lowest BCUT2D eigenvalue weighted by Crippen LogP contribution is -1.83. The minimum absolute atomic E-state index is 0.249. The summed E-state index contributed by atoms with van der Waals surface area (Å²) in [6.45, 7) is 5.84. The van der Waals surface area contributed by atoms with Crippen molar-refractivity contribution in [2.24, 2.45) is 0 Å². The monoisotopic (exact) mass is 258 g/mol. The zero-order chi connectivity index (χ0) is 10.7. The van der Waals surface area contributed by atoms with Crippen molar-refractivity contribution >= 4 is 26.8 Å². The van der Waals surface area contributed by atoms with Crippen molar-refractivity contribution in [3.05, 3.63) is 28.1 Å². The molecule has 0 aliphatic rings. The van der Waals surface area contributed by atoms with E-state index in [2.05, 4.69) is 26.1 Å². The second kappa shape index (κ2) is 4.55. The van der Waals surface area contributed by atoms with Crippen molar-refractivity contribution in [3.8, 4) is 0 Å². The molecule has 0 saturated carbocycles. The SMILES string of the molecule is CC.Cc1cc(F)c(Br)c2cn[nH]c12. The molecule has 1 aromatic heterocycles. The molecule has 14 heavy (non-hydrogen) atoms. The number of halogens is 2. The molecule has 0 bridgehead atoms. The van der Waals surface area contributed by atoms with Crippen LogP contribution in [-0.2, 0) is 0 Å². The largest absolute Gasteiger partial charge is 0.278 e. The van der Waals surface area contributed by atoms with Crippen molar-refractivity contribution in [2.75, 3.05) is 0 Å². The van der Waals surface area contributed by atoms with Gasteiger partial charge in [0.1, 0.15) is 5.82 Å². The van der Waals surface area contributed by atoms with Crippen LogP contribution in [0.1, 0.15) is 19.4 Å². The van der Waals surface area contributed by atoms with Crippen LogP contribution in [-0.4, -0.2) is 10.2 Å². The lowest BCUT2D eigenvalue weighted by atomic mass is 10.2. The van der Waals surface area contributed by atoms with Crippen LogP contribution < -0.4 is 0 Å². The zero-order valence-corrected chi connectivity index (χ0v) is 9.94. The van der Waals surface area contributed by atoms with Crippen LogP contribution in [0.4, 0.5) is 4.39 Å². The van der Waals surface area contributed by atoms with Crippen molar-refractivity contribution in [1.82, 2.24) is 10.2 Å². The van der Waals surface area contributed by atoms with Gasteiger partial charge in [0.2, 0.25) is 0 Å². The van der Waals surface area contributed by atoms with Gasteiger partial charge in [0.25, 0.3) is 0 Å². The summed E-state index contributed by atoms with van der Waals surface area (Å²) in [5, 5.41) is 7.44. The van der Waals surface area contributed by atoms with Gasteiger partial charge >= 0.3 is 0 Å². The Morgan fingerprint density at radius 1 is 1.43 bits per heavy atom. The number of hydrogen-bond donors (Lipinski definition) is 1. The van der Waals surface area contributed by atoms with Gasteiger partial charge < -0.3 is 0 Å². The van der Waals surface area contributed by atoms with Crippen molar-refractivity contribution < 1.29 is 4.39 Å². The number of nitrogens with zero attached hydrogens (tertiary/aromatic N) is 1. The minimum atomic E-state index is -0.249. The maximum Gasteiger partial charge on any atom is 0.138 e. The van der Waals surface area contributed by atoms with E-state index in [9.17, 15) is 4.39 Å². The van der Waals surface area contributed by atoms with Gasteiger partial charge in [-0.25, -0.2) is 4.39 Å². The first-order chi connectivity index (χ1) is 6.70. The maximum atomic E-state index is 13.1. The number of nitrogens with one attached hydrogen (secondary N) is 1. The van der Waals surface area contributed by atoms with Crippen LogP contribution in [0.25, 0.3) is 10.9 Å². The van der Waals surface area contributed by atoms with E-state index in [4.69, 9.17) is 0 Å². The molecule has 2 aromatic rings. The molecular formula is C10H12BrFN2. The average molecular weight is 259 g/mol. The number of aromatic amines is 1. The quantitative estimate of drug-likeness (QED) is 0.765. The molecular weight excluding hydrogens is 247 g/mol. The first-order valence-corrected chi connectivity index (χ1v) is 5.27. The summed E-state index contributed by atoms with van der Waals surface area (Å²) >= 11 is 3.16. The Morgan fingerprint density at radius 2 is 2.07 bits per heavy atom. The lowest BCUT2D eigenvalue weighted by Gasteiger charge is -1.98. The van der Waals surface area contributed by atoms with E-state index in [0.29, 0.717) is 4.47 Å². The Kier molecular flexibility index (Phi) is 3.63. The molecule has 0 aliphatic carbocycles. The van der Waals surface area contributed by atoms with Gasteiger partial charge in [0.15, 0.2) is 0 Å². The Bertz CT molecular complexity index is 437. The molecule has 0 unspecified atom stereocenters. The first kappa shape index (κ1) is 11.2. The predicted octanol–water partition coefficient (Wildman–Crippen LogP) is 3.80. The Hall–Kier alpha value is -0.900. The summed E-state index contributed by atoms with van der Waals surface area (Å²) in [6, 6.07) is 1.48. The fourth-order valence-electron chi connectivity index (χ4n) is 1.21. The molecule has 1 N–H and O–H groups in total. The summed E-state index contributed by atoms with van der Waals surface area (Å²) in [4.78, 5) is 0. The van der Waals surface area contributed by atoms with Gasteiger partial charge in [-0.1, -0.05) is 13.8 Å². The highest BCUT2D eigenvalue weighted by Gasteiger charge is 2.08. The number of benzene rings is 1. The van der Waals surface area contributed by atoms with E-state index in [0.717, 1.165) is 16.5 Å². The van der Waals surface area contributed by atoms with Crippen molar-refractivity contribution in [1.29, 1.82) is 0 Å². The molecule has 4 heteroatoms. The van der Waals surface area contributed by atoms with Crippen LogP contribution in [0.5, 0.6) is 0 Å². The Morgan fingerprint density at radius 3 is 2.71 bits per heavy atom. The molecule has 2 rings (SSSR count). The summed E-state index contributed by atoms with van der Waals surface area (Å²) in [5.74, 6) is -0.249. The second-order valence-electron chi connectivity index (χ2n) is 2.65. The van der Waals surface area contributed by atoms with E-state index >= 15 is 0 Å². The zero-order valence-electron chi connectivity index (χ0n) is 8.36. The average Bonchev–Trinajstić information content (AvgIpc) is 2.67. The third kappa shape index (κ3) is 1.80. The predicted molar refractivity (Wildman–Crippen MR) is 59.8 cm³/mol. The van der Waals surface area contributed by atoms with Gasteiger partial charge in [-0.2, -0.15) is 5.10 Å². The van der Waals surface area contributed by atoms with Crippen LogP contribution in [0.2, 0.25) is 0 Å². The number of H-pyrrole nitrogens is 1. The van der Waals surface area contributed by atoms with Crippen LogP contribution in [0.15, 0.2) is 16.7 Å². The number of fused-ring (bicyclic) bond motifs is 1. The standard InChI is InChI=1S/C8H6BrFN2.C2H6/c1-4-2-6(10)7(9)5-3-11-12-8(4)5;1-2/h2-3H,1H3,(H,11,12);1-2H3. The summed E-state index contributed by atoms with van der Waals surface area (Å²) < 4.78 is 13.6. The fourth-order valence-corrected chi connectivity index (χ4v) is 1.62. The number of aryl methyl sites for hydroxylation is 1. The van der Waals surface area contributed by atoms with Crippen LogP contribution in [0, 0.1) is 12.7 Å². The molecule has 0 atom stereocenters. The van der Waals surface area contributed by atoms with Gasteiger partial charge in [-0.15, -0.1) is 0 Å². The van der Waals surface area contributed by atoms with Gasteiger partial charge in [-0.3, -0.25) is 5.10 Å². The second-order valence-corrected chi connectivity index (χ2v) is 3.44. The normalized spacial score (nSPS) is 9.79. The van der Waals surface area contributed by atoms with E-state index in [-0.39, 0.29) is 5.82 Å². The van der Waals surface area contributed by atoms with Crippen molar-refractivity contribution in [3.63, 3.8) is 0 Å². The Balaban J connectivity index is 0.000000461. The van der Waals surface area contributed by atoms with E-state index in [1.54, 1.807) is 6.20 Å². The number of hydrogen-bond acceptors (Lipinski definition) is 1. The number of rotatable bonds is 0. The molecule has 0 amide bonds. The fraction of sp³-hybridized carbons (Fsp3) is 0.300. The van der Waals surface area contributed by atoms with E-state index in [1.807, 2.05) is 20.8 Å². The topological polar surface area (TPSA) is 28.7 Å². The molecule has 0 aliphatic heterocycles. The van der Waals surface area contributed by atoms with Crippen LogP contribution >= 0.6 is 15.9 Å². The molecule has 2 nitrogen and oxygen atoms in total. The minimum Gasteiger partial charge on any atom is -0.278 e. The highest BCUT2D eigenvalue weighted by molar-refractivity contribution is 9.10. The summed E-state index contributed by atoms with van der Waals surface area (Å²) in [7, 11) is 0. The molecule has 0 spiro atoms. The third-order valence-electron chi connectivity index (χ3n) is 1.82. The van der Waals surface area contributed by atoms with E-state index < -0.39 is 0 Å². The summed E-state index contributed by atoms with van der Waals surface area (Å²) in [6.07, 6.45) is 1.61. The molecule has 0 radical (unpaired) electrons. The summed E-state index contributed by atoms with van der Waals surface area (Å²) in [5.41, 5.74) is 1.74. The Labute approximate surface area is 90.6 Å². The van der Waals surface area contributed by atoms with Crippen molar-refractivity contribution in [2.45, 2.75) is 20.8 Å². The number of aromatic nitrogens is 2. The highest BCUT2D eigenvalue weighted by atomic mass is 79.9. The molecule has 76 valence electrons. The molecule has 0 fully saturated rings. The highest BCUT2D eigenvalue weighted by Crippen LogP contribution is 2.27. The van der Waals surface area contributed by atoms with Gasteiger partial charge in [0, 0.05) is 5.39 Å². The van der Waals surface area contributed by atoms with Gasteiger partial charge in [0.05, 0.1) is 16.2 Å². The first-order valence-electron chi connectivity index (χ1n) is 4.48. The molecule has 0 saturated heterocycles. The van der Waals surface area contributed by atoms with Gasteiger partial charge in [-0.05, 0) is 34.5 Å². The molecule has 1 heterocycles. The third-order valence-corrected chi connectivity index (χ3v) is 2.63. The molecule has 1 aromatic carbocycles. The smallest absolute Gasteiger partial charge is 0.138 e. The van der Waals surface area contributed by atoms with Crippen LogP contribution in [0.3, 0.4) is 0 Å². The maximum absolute atomic E-state index is 13.1. The van der Waals surface area contributed by atoms with E-state index in [1.165, 1.54) is 6.07 Å². The lowest BCUT2D eigenvalue weighted by molar-refractivity contribution is 0.622.